The standard InChI is InChI=1S/C14H12ClFN2O/c1-19-12-7-5-11(6-8-12)18-17-9-10-3-2-4-13(15)14(10)16/h2-8H,9H2,1H3. The summed E-state index contributed by atoms with van der Waals surface area (Å²) in [6, 6.07) is 11.9. The fourth-order valence-electron chi connectivity index (χ4n) is 1.51. The number of hydrogen-bond acceptors (Lipinski definition) is 3. The van der Waals surface area contributed by atoms with E-state index in [1.807, 2.05) is 0 Å². The number of halogens is 2. The van der Waals surface area contributed by atoms with Crippen molar-refractivity contribution in [2.45, 2.75) is 6.54 Å². The Morgan fingerprint density at radius 1 is 1.16 bits per heavy atom. The zero-order valence-corrected chi connectivity index (χ0v) is 11.1. The van der Waals surface area contributed by atoms with E-state index in [0.717, 1.165) is 5.75 Å². The second-order valence-electron chi connectivity index (χ2n) is 3.81. The third-order valence-corrected chi connectivity index (χ3v) is 2.82. The van der Waals surface area contributed by atoms with Gasteiger partial charge in [0, 0.05) is 5.56 Å². The lowest BCUT2D eigenvalue weighted by atomic mass is 10.2. The highest BCUT2D eigenvalue weighted by Gasteiger charge is 2.04. The summed E-state index contributed by atoms with van der Waals surface area (Å²) in [7, 11) is 1.60. The summed E-state index contributed by atoms with van der Waals surface area (Å²) in [4.78, 5) is 0. The van der Waals surface area contributed by atoms with Crippen molar-refractivity contribution in [1.82, 2.24) is 0 Å². The number of ether oxygens (including phenoxy) is 1. The molecule has 0 saturated heterocycles. The van der Waals surface area contributed by atoms with Crippen molar-refractivity contribution in [2.75, 3.05) is 7.11 Å². The highest BCUT2D eigenvalue weighted by Crippen LogP contribution is 2.20. The molecule has 2 rings (SSSR count). The molecule has 98 valence electrons. The predicted octanol–water partition coefficient (Wildman–Crippen LogP) is 4.77. The van der Waals surface area contributed by atoms with Crippen LogP contribution in [0.5, 0.6) is 5.75 Å². The number of hydrogen-bond donors (Lipinski definition) is 0. The molecule has 19 heavy (non-hydrogen) atoms. The molecule has 3 nitrogen and oxygen atoms in total. The SMILES string of the molecule is COc1ccc(N=NCc2cccc(Cl)c2F)cc1. The maximum atomic E-state index is 13.6. The van der Waals surface area contributed by atoms with E-state index in [0.29, 0.717) is 11.3 Å². The summed E-state index contributed by atoms with van der Waals surface area (Å²) >= 11 is 5.68. The maximum absolute atomic E-state index is 13.6. The van der Waals surface area contributed by atoms with Gasteiger partial charge in [-0.3, -0.25) is 0 Å². The molecule has 0 aliphatic carbocycles. The first-order chi connectivity index (χ1) is 9.20. The first-order valence-corrected chi connectivity index (χ1v) is 6.03. The summed E-state index contributed by atoms with van der Waals surface area (Å²) in [5, 5.41) is 8.06. The van der Waals surface area contributed by atoms with Crippen LogP contribution in [0.2, 0.25) is 5.02 Å². The average Bonchev–Trinajstić information content (AvgIpc) is 2.44. The van der Waals surface area contributed by atoms with Crippen molar-refractivity contribution in [2.24, 2.45) is 10.2 Å². The van der Waals surface area contributed by atoms with Gasteiger partial charge in [0.15, 0.2) is 0 Å². The molecule has 2 aromatic carbocycles. The molecule has 0 unspecified atom stereocenters. The summed E-state index contributed by atoms with van der Waals surface area (Å²) in [5.41, 5.74) is 1.10. The monoisotopic (exact) mass is 278 g/mol. The van der Waals surface area contributed by atoms with E-state index in [4.69, 9.17) is 16.3 Å². The van der Waals surface area contributed by atoms with Gasteiger partial charge < -0.3 is 4.74 Å². The molecule has 0 bridgehead atoms. The van der Waals surface area contributed by atoms with Crippen molar-refractivity contribution in [3.05, 3.63) is 58.9 Å². The quantitative estimate of drug-likeness (QED) is 0.742. The summed E-state index contributed by atoms with van der Waals surface area (Å²) in [5.74, 6) is 0.303. The molecule has 0 aromatic heterocycles. The molecule has 2 aromatic rings. The molecule has 0 spiro atoms. The molecule has 0 aliphatic rings. The van der Waals surface area contributed by atoms with Gasteiger partial charge in [-0.1, -0.05) is 23.7 Å². The number of nitrogens with zero attached hydrogens (tertiary/aromatic N) is 2. The molecule has 0 fully saturated rings. The van der Waals surface area contributed by atoms with E-state index in [1.165, 1.54) is 6.07 Å². The molecule has 0 heterocycles. The van der Waals surface area contributed by atoms with Crippen LogP contribution >= 0.6 is 11.6 Å². The third kappa shape index (κ3) is 3.51. The summed E-state index contributed by atoms with van der Waals surface area (Å²) < 4.78 is 18.6. The van der Waals surface area contributed by atoms with Gasteiger partial charge in [0.2, 0.25) is 0 Å². The molecule has 0 radical (unpaired) electrons. The minimum atomic E-state index is -0.446. The zero-order chi connectivity index (χ0) is 13.7. The Kier molecular flexibility index (Phi) is 4.47. The van der Waals surface area contributed by atoms with Crippen LogP contribution < -0.4 is 4.74 Å². The van der Waals surface area contributed by atoms with Gasteiger partial charge in [-0.2, -0.15) is 10.2 Å². The number of methoxy groups -OCH3 is 1. The van der Waals surface area contributed by atoms with Gasteiger partial charge in [0.05, 0.1) is 24.4 Å². The molecule has 5 heteroatoms. The molecule has 0 aliphatic heterocycles. The lowest BCUT2D eigenvalue weighted by molar-refractivity contribution is 0.415. The first kappa shape index (κ1) is 13.5. The second-order valence-corrected chi connectivity index (χ2v) is 4.22. The topological polar surface area (TPSA) is 34.0 Å². The summed E-state index contributed by atoms with van der Waals surface area (Å²) in [6.07, 6.45) is 0. The van der Waals surface area contributed by atoms with Crippen molar-refractivity contribution in [3.8, 4) is 5.75 Å². The van der Waals surface area contributed by atoms with Crippen LogP contribution in [0.25, 0.3) is 0 Å². The zero-order valence-electron chi connectivity index (χ0n) is 10.3. The first-order valence-electron chi connectivity index (χ1n) is 5.65. The normalized spacial score (nSPS) is 10.9. The van der Waals surface area contributed by atoms with Crippen LogP contribution in [0.4, 0.5) is 10.1 Å². The highest BCUT2D eigenvalue weighted by molar-refractivity contribution is 6.30. The van der Waals surface area contributed by atoms with E-state index in [-0.39, 0.29) is 11.6 Å². The Morgan fingerprint density at radius 3 is 2.58 bits per heavy atom. The van der Waals surface area contributed by atoms with Gasteiger partial charge in [-0.05, 0) is 30.3 Å². The molecular weight excluding hydrogens is 267 g/mol. The average molecular weight is 279 g/mol. The van der Waals surface area contributed by atoms with E-state index < -0.39 is 5.82 Å². The van der Waals surface area contributed by atoms with E-state index in [1.54, 1.807) is 43.5 Å². The molecule has 0 N–H and O–H groups in total. The minimum Gasteiger partial charge on any atom is -0.497 e. The number of benzene rings is 2. The Balaban J connectivity index is 2.04. The fourth-order valence-corrected chi connectivity index (χ4v) is 1.71. The fraction of sp³-hybridized carbons (Fsp3) is 0.143. The Bertz CT molecular complexity index is 584. The number of azo groups is 1. The van der Waals surface area contributed by atoms with E-state index in [9.17, 15) is 4.39 Å². The third-order valence-electron chi connectivity index (χ3n) is 2.53. The van der Waals surface area contributed by atoms with E-state index in [2.05, 4.69) is 10.2 Å². The lowest BCUT2D eigenvalue weighted by Gasteiger charge is -2.00. The van der Waals surface area contributed by atoms with E-state index >= 15 is 0 Å². The largest absolute Gasteiger partial charge is 0.497 e. The van der Waals surface area contributed by atoms with Crippen LogP contribution in [-0.2, 0) is 6.54 Å². The molecule has 0 atom stereocenters. The minimum absolute atomic E-state index is 0.0946. The predicted molar refractivity (Wildman–Crippen MR) is 72.6 cm³/mol. The Labute approximate surface area is 115 Å². The molecule has 0 amide bonds. The smallest absolute Gasteiger partial charge is 0.146 e. The maximum Gasteiger partial charge on any atom is 0.146 e. The van der Waals surface area contributed by atoms with Crippen molar-refractivity contribution in [3.63, 3.8) is 0 Å². The number of rotatable bonds is 4. The van der Waals surface area contributed by atoms with Crippen molar-refractivity contribution >= 4 is 17.3 Å². The van der Waals surface area contributed by atoms with Gasteiger partial charge in [-0.15, -0.1) is 0 Å². The van der Waals surface area contributed by atoms with Crippen LogP contribution in [0, 0.1) is 5.82 Å². The van der Waals surface area contributed by atoms with Gasteiger partial charge in [0.1, 0.15) is 11.6 Å². The van der Waals surface area contributed by atoms with Crippen LogP contribution in [0.3, 0.4) is 0 Å². The Morgan fingerprint density at radius 2 is 1.89 bits per heavy atom. The lowest BCUT2D eigenvalue weighted by Crippen LogP contribution is -1.88. The second kappa shape index (κ2) is 6.29. The Hall–Kier alpha value is -1.94. The van der Waals surface area contributed by atoms with Crippen molar-refractivity contribution in [1.29, 1.82) is 0 Å². The van der Waals surface area contributed by atoms with Crippen molar-refractivity contribution < 1.29 is 9.13 Å². The van der Waals surface area contributed by atoms with Crippen LogP contribution in [0.15, 0.2) is 52.7 Å². The van der Waals surface area contributed by atoms with Crippen LogP contribution in [-0.4, -0.2) is 7.11 Å². The van der Waals surface area contributed by atoms with Gasteiger partial charge >= 0.3 is 0 Å². The molecular formula is C14H12ClFN2O. The van der Waals surface area contributed by atoms with Gasteiger partial charge in [-0.25, -0.2) is 4.39 Å². The molecule has 0 saturated carbocycles. The van der Waals surface area contributed by atoms with Crippen LogP contribution in [0.1, 0.15) is 5.56 Å². The summed E-state index contributed by atoms with van der Waals surface area (Å²) in [6.45, 7) is 0.151. The highest BCUT2D eigenvalue weighted by atomic mass is 35.5. The van der Waals surface area contributed by atoms with Gasteiger partial charge in [0.25, 0.3) is 0 Å².